The van der Waals surface area contributed by atoms with E-state index < -0.39 is 23.1 Å². The van der Waals surface area contributed by atoms with Crippen LogP contribution in [0.1, 0.15) is 38.1 Å². The molecule has 0 saturated carbocycles. The fourth-order valence-corrected chi connectivity index (χ4v) is 3.71. The van der Waals surface area contributed by atoms with Crippen LogP contribution < -0.4 is 21.9 Å². The zero-order chi connectivity index (χ0) is 26.6. The molecular weight excluding hydrogens is 466 g/mol. The van der Waals surface area contributed by atoms with Gasteiger partial charge in [-0.05, 0) is 40.5 Å². The number of amides is 2. The number of carbonyl (C=O) groups excluding carboxylic acids is 2. The van der Waals surface area contributed by atoms with Gasteiger partial charge in [-0.2, -0.15) is 0 Å². The van der Waals surface area contributed by atoms with Gasteiger partial charge in [0.2, 0.25) is 5.91 Å². The first-order chi connectivity index (χ1) is 17.0. The molecule has 0 unspecified atom stereocenters. The fourth-order valence-electron chi connectivity index (χ4n) is 3.71. The number of carbonyl (C=O) groups is 2. The number of likely N-dealkylation sites (N-methyl/N-ethyl adjacent to an activating group) is 1. The number of tetrazole rings is 1. The van der Waals surface area contributed by atoms with E-state index in [-0.39, 0.29) is 43.0 Å². The van der Waals surface area contributed by atoms with Gasteiger partial charge in [0.15, 0.2) is 5.69 Å². The normalized spacial score (nSPS) is 11.2. The molecule has 36 heavy (non-hydrogen) atoms. The number of nitrogen functional groups attached to an aromatic ring is 1. The average Bonchev–Trinajstić information content (AvgIpc) is 3.35. The molecule has 3 N–H and O–H groups in total. The molecule has 0 aliphatic heterocycles. The Morgan fingerprint density at radius 3 is 2.47 bits per heavy atom. The number of anilines is 2. The van der Waals surface area contributed by atoms with Gasteiger partial charge < -0.3 is 15.5 Å². The van der Waals surface area contributed by atoms with E-state index in [1.165, 1.54) is 32.4 Å². The smallest absolute Gasteiger partial charge is 0.330 e. The van der Waals surface area contributed by atoms with Crippen LogP contribution in [-0.2, 0) is 11.3 Å². The quantitative estimate of drug-likeness (QED) is 0.431. The van der Waals surface area contributed by atoms with Gasteiger partial charge in [-0.25, -0.2) is 9.48 Å². The number of hydrogen-bond acceptors (Lipinski definition) is 8. The Labute approximate surface area is 207 Å². The molecule has 2 heterocycles. The zero-order valence-corrected chi connectivity index (χ0v) is 21.0. The van der Waals surface area contributed by atoms with E-state index >= 15 is 0 Å². The predicted molar refractivity (Wildman–Crippen MR) is 134 cm³/mol. The highest BCUT2D eigenvalue weighted by molar-refractivity contribution is 6.01. The van der Waals surface area contributed by atoms with Gasteiger partial charge in [-0.1, -0.05) is 33.8 Å². The number of nitrogens with one attached hydrogen (secondary N) is 1. The fraction of sp³-hybridized carbons (Fsp3) is 0.435. The molecular formula is C23H31N9O4. The van der Waals surface area contributed by atoms with Crippen LogP contribution in [0.4, 0.5) is 11.5 Å². The van der Waals surface area contributed by atoms with Gasteiger partial charge in [0, 0.05) is 25.7 Å². The minimum Gasteiger partial charge on any atom is -0.383 e. The van der Waals surface area contributed by atoms with Crippen molar-refractivity contribution in [3.63, 3.8) is 0 Å². The highest BCUT2D eigenvalue weighted by Gasteiger charge is 2.27. The Morgan fingerprint density at radius 2 is 1.86 bits per heavy atom. The SMILES string of the molecule is CC(C)CN(C(=O)CN(C)C(=O)c1cccc(-n2cnnn2)c1)c1c(N)n(CC(C)C)c(=O)[nH]c1=O. The second kappa shape index (κ2) is 11.0. The van der Waals surface area contributed by atoms with Crippen LogP contribution in [0.3, 0.4) is 0 Å². The average molecular weight is 498 g/mol. The first kappa shape index (κ1) is 26.3. The minimum absolute atomic E-state index is 0.0211. The maximum atomic E-state index is 13.4. The Kier molecular flexibility index (Phi) is 8.02. The molecule has 1 aromatic carbocycles. The number of rotatable bonds is 9. The largest absolute Gasteiger partial charge is 0.383 e. The molecule has 2 amide bonds. The summed E-state index contributed by atoms with van der Waals surface area (Å²) in [6.07, 6.45) is 1.40. The van der Waals surface area contributed by atoms with Gasteiger partial charge in [-0.3, -0.25) is 23.9 Å². The van der Waals surface area contributed by atoms with Crippen molar-refractivity contribution in [1.82, 2.24) is 34.7 Å². The Hall–Kier alpha value is -4.29. The number of benzene rings is 1. The monoisotopic (exact) mass is 497 g/mol. The molecule has 0 atom stereocenters. The van der Waals surface area contributed by atoms with E-state index in [4.69, 9.17) is 5.73 Å². The summed E-state index contributed by atoms with van der Waals surface area (Å²) in [7, 11) is 1.49. The second-order valence-electron chi connectivity index (χ2n) is 9.36. The van der Waals surface area contributed by atoms with Crippen LogP contribution in [-0.4, -0.2) is 66.6 Å². The number of aromatic amines is 1. The van der Waals surface area contributed by atoms with Gasteiger partial charge in [0.05, 0.1) is 5.69 Å². The lowest BCUT2D eigenvalue weighted by atomic mass is 10.1. The third-order valence-electron chi connectivity index (χ3n) is 5.31. The van der Waals surface area contributed by atoms with Gasteiger partial charge >= 0.3 is 5.69 Å². The molecule has 0 radical (unpaired) electrons. The summed E-state index contributed by atoms with van der Waals surface area (Å²) >= 11 is 0. The maximum absolute atomic E-state index is 13.4. The van der Waals surface area contributed by atoms with E-state index in [0.29, 0.717) is 11.3 Å². The van der Waals surface area contributed by atoms with Crippen LogP contribution in [0.15, 0.2) is 40.2 Å². The summed E-state index contributed by atoms with van der Waals surface area (Å²) in [5.41, 5.74) is 5.66. The summed E-state index contributed by atoms with van der Waals surface area (Å²) in [4.78, 5) is 56.4. The van der Waals surface area contributed by atoms with Crippen LogP contribution in [0, 0.1) is 11.8 Å². The number of aromatic nitrogens is 6. The molecule has 192 valence electrons. The molecule has 0 aliphatic rings. The van der Waals surface area contributed by atoms with E-state index in [2.05, 4.69) is 20.5 Å². The summed E-state index contributed by atoms with van der Waals surface area (Å²) in [6.45, 7) is 7.70. The van der Waals surface area contributed by atoms with Crippen LogP contribution >= 0.6 is 0 Å². The summed E-state index contributed by atoms with van der Waals surface area (Å²) in [5.74, 6) is -0.954. The van der Waals surface area contributed by atoms with Crippen molar-refractivity contribution >= 4 is 23.3 Å². The molecule has 13 nitrogen and oxygen atoms in total. The lowest BCUT2D eigenvalue weighted by Gasteiger charge is -2.28. The Morgan fingerprint density at radius 1 is 1.14 bits per heavy atom. The third kappa shape index (κ3) is 5.85. The van der Waals surface area contributed by atoms with E-state index in [0.717, 1.165) is 0 Å². The van der Waals surface area contributed by atoms with Gasteiger partial charge in [0.25, 0.3) is 11.5 Å². The number of nitrogens with zero attached hydrogens (tertiary/aromatic N) is 7. The van der Waals surface area contributed by atoms with E-state index in [1.54, 1.807) is 24.3 Å². The standard InChI is InChI=1S/C23H31N9O4/c1-14(2)10-30(19-20(24)31(11-15(3)4)23(36)26-21(19)34)18(33)12-29(5)22(35)16-7-6-8-17(9-16)32-13-25-27-28-32/h6-9,13-15H,10-12,24H2,1-5H3,(H,26,34,36). The second-order valence-corrected chi connectivity index (χ2v) is 9.36. The number of hydrogen-bond donors (Lipinski definition) is 2. The van der Waals surface area contributed by atoms with Crippen LogP contribution in [0.2, 0.25) is 0 Å². The van der Waals surface area contributed by atoms with Crippen molar-refractivity contribution in [2.45, 2.75) is 34.2 Å². The summed E-state index contributed by atoms with van der Waals surface area (Å²) in [5, 5.41) is 11.0. The highest BCUT2D eigenvalue weighted by Crippen LogP contribution is 2.20. The lowest BCUT2D eigenvalue weighted by molar-refractivity contribution is -0.119. The zero-order valence-electron chi connectivity index (χ0n) is 21.0. The van der Waals surface area contributed by atoms with Crippen molar-refractivity contribution < 1.29 is 9.59 Å². The molecule has 2 aromatic heterocycles. The molecule has 13 heteroatoms. The van der Waals surface area contributed by atoms with Crippen molar-refractivity contribution in [3.05, 3.63) is 57.0 Å². The number of H-pyrrole nitrogens is 1. The molecule has 3 rings (SSSR count). The first-order valence-corrected chi connectivity index (χ1v) is 11.5. The van der Waals surface area contributed by atoms with Crippen molar-refractivity contribution in [1.29, 1.82) is 0 Å². The van der Waals surface area contributed by atoms with Crippen molar-refractivity contribution in [3.8, 4) is 5.69 Å². The third-order valence-corrected chi connectivity index (χ3v) is 5.31. The highest BCUT2D eigenvalue weighted by atomic mass is 16.2. The Balaban J connectivity index is 1.90. The lowest BCUT2D eigenvalue weighted by Crippen LogP contribution is -2.47. The minimum atomic E-state index is -0.755. The summed E-state index contributed by atoms with van der Waals surface area (Å²) < 4.78 is 2.66. The van der Waals surface area contributed by atoms with Gasteiger partial charge in [-0.15, -0.1) is 5.10 Å². The maximum Gasteiger partial charge on any atom is 0.330 e. The van der Waals surface area contributed by atoms with E-state index in [9.17, 15) is 19.2 Å². The van der Waals surface area contributed by atoms with Crippen LogP contribution in [0.5, 0.6) is 0 Å². The molecule has 0 aliphatic carbocycles. The van der Waals surface area contributed by atoms with E-state index in [1.807, 2.05) is 27.7 Å². The molecule has 0 fully saturated rings. The van der Waals surface area contributed by atoms with Crippen molar-refractivity contribution in [2.24, 2.45) is 11.8 Å². The van der Waals surface area contributed by atoms with Gasteiger partial charge in [0.1, 0.15) is 18.7 Å². The first-order valence-electron chi connectivity index (χ1n) is 11.5. The molecule has 3 aromatic rings. The van der Waals surface area contributed by atoms with Crippen LogP contribution in [0.25, 0.3) is 5.69 Å². The predicted octanol–water partition coefficient (Wildman–Crippen LogP) is 0.512. The number of nitrogens with two attached hydrogens (primary N) is 1. The molecule has 0 bridgehead atoms. The Bertz CT molecular complexity index is 1340. The van der Waals surface area contributed by atoms with Crippen molar-refractivity contribution in [2.75, 3.05) is 30.8 Å². The molecule has 0 saturated heterocycles. The topological polar surface area (TPSA) is 165 Å². The molecule has 0 spiro atoms. The summed E-state index contributed by atoms with van der Waals surface area (Å²) in [6, 6.07) is 6.65.